The normalized spacial score (nSPS) is 15.2. The molecule has 1 atom stereocenters. The number of aryl methyl sites for hydroxylation is 1. The summed E-state index contributed by atoms with van der Waals surface area (Å²) >= 11 is 1.68. The highest BCUT2D eigenvalue weighted by molar-refractivity contribution is 7.37. The summed E-state index contributed by atoms with van der Waals surface area (Å²) in [5.41, 5.74) is 5.28. The Balaban J connectivity index is 0.00000324. The molecule has 1 aromatic rings. The molecule has 4 rings (SSSR count). The van der Waals surface area contributed by atoms with Gasteiger partial charge < -0.3 is 14.5 Å². The van der Waals surface area contributed by atoms with Crippen LogP contribution < -0.4 is 15.2 Å². The molecule has 0 spiro atoms. The molecule has 3 aliphatic rings. The smallest absolute Gasteiger partial charge is 0.206 e. The lowest BCUT2D eigenvalue weighted by Gasteiger charge is -2.29. The molecule has 180 valence electrons. The number of aromatic nitrogens is 1. The van der Waals surface area contributed by atoms with E-state index >= 15 is 0 Å². The van der Waals surface area contributed by atoms with E-state index < -0.39 is 0 Å². The van der Waals surface area contributed by atoms with Crippen LogP contribution in [0.3, 0.4) is 0 Å². The van der Waals surface area contributed by atoms with E-state index in [2.05, 4.69) is 43.6 Å². The van der Waals surface area contributed by atoms with Crippen molar-refractivity contribution >= 4 is 41.5 Å². The molecule has 1 saturated heterocycles. The highest BCUT2D eigenvalue weighted by Crippen LogP contribution is 2.38. The van der Waals surface area contributed by atoms with Gasteiger partial charge in [0.15, 0.2) is 0 Å². The molecule has 0 aromatic heterocycles. The third-order valence-corrected chi connectivity index (χ3v) is 8.90. The highest BCUT2D eigenvalue weighted by Gasteiger charge is 2.22. The van der Waals surface area contributed by atoms with Crippen molar-refractivity contribution in [3.63, 3.8) is 0 Å². The van der Waals surface area contributed by atoms with Crippen LogP contribution in [0.15, 0.2) is 29.1 Å². The van der Waals surface area contributed by atoms with Gasteiger partial charge in [-0.3, -0.25) is 4.79 Å². The monoisotopic (exact) mass is 487 g/mol. The molecule has 0 saturated carbocycles. The van der Waals surface area contributed by atoms with E-state index in [0.29, 0.717) is 5.41 Å². The Morgan fingerprint density at radius 2 is 2.00 bits per heavy atom. The molecule has 33 heavy (non-hydrogen) atoms. The summed E-state index contributed by atoms with van der Waals surface area (Å²) in [5, 5.41) is 0. The fourth-order valence-electron chi connectivity index (χ4n) is 4.71. The van der Waals surface area contributed by atoms with Crippen molar-refractivity contribution in [1.29, 1.82) is 0 Å². The fraction of sp³-hybridized carbons (Fsp3) is 0.538. The van der Waals surface area contributed by atoms with Gasteiger partial charge >= 0.3 is 0 Å². The maximum Gasteiger partial charge on any atom is 0.206 e. The molecule has 2 heterocycles. The zero-order valence-corrected chi connectivity index (χ0v) is 22.3. The molecular weight excluding hydrogens is 449 g/mol. The summed E-state index contributed by atoms with van der Waals surface area (Å²) in [7, 11) is 4.90. The quantitative estimate of drug-likeness (QED) is 0.307. The zero-order chi connectivity index (χ0) is 23.6. The molecule has 1 aliphatic carbocycles. The van der Waals surface area contributed by atoms with Crippen LogP contribution in [-0.2, 0) is 11.2 Å². The second-order valence-electron chi connectivity index (χ2n) is 9.97. The van der Waals surface area contributed by atoms with E-state index in [0.717, 1.165) is 86.2 Å². The number of morpholine rings is 1. The second kappa shape index (κ2) is 10.2. The van der Waals surface area contributed by atoms with E-state index in [1.165, 1.54) is 11.8 Å². The Hall–Kier alpha value is -1.75. The molecule has 0 radical (unpaired) electrons. The topological polar surface area (TPSA) is 45.7 Å². The predicted molar refractivity (Wildman–Crippen MR) is 148 cm³/mol. The van der Waals surface area contributed by atoms with Crippen molar-refractivity contribution < 1.29 is 6.16 Å². The minimum Gasteiger partial charge on any atom is -0.378 e. The number of nitrogens with zero attached hydrogens (tertiary/aromatic N) is 3. The Morgan fingerprint density at radius 1 is 1.24 bits per heavy atom. The van der Waals surface area contributed by atoms with Gasteiger partial charge in [-0.05, 0) is 61.8 Å². The molecule has 1 aromatic carbocycles. The molecule has 0 amide bonds. The van der Waals surface area contributed by atoms with Gasteiger partial charge in [0.2, 0.25) is 5.43 Å². The van der Waals surface area contributed by atoms with E-state index in [1.54, 1.807) is 11.3 Å². The van der Waals surface area contributed by atoms with Gasteiger partial charge in [-0.15, -0.1) is 19.9 Å². The predicted octanol–water partition coefficient (Wildman–Crippen LogP) is 5.57. The first-order valence-corrected chi connectivity index (χ1v) is 14.4. The summed E-state index contributed by atoms with van der Waals surface area (Å²) in [6.07, 6.45) is 4.23. The van der Waals surface area contributed by atoms with Crippen LogP contribution >= 0.6 is 19.9 Å². The van der Waals surface area contributed by atoms with E-state index in [9.17, 15) is 4.79 Å². The number of anilines is 2. The third-order valence-electron chi connectivity index (χ3n) is 6.44. The molecule has 1 fully saturated rings. The molecule has 0 N–H and O–H groups in total. The summed E-state index contributed by atoms with van der Waals surface area (Å²) in [6.45, 7) is 10.3. The van der Waals surface area contributed by atoms with Crippen LogP contribution in [-0.4, -0.2) is 58.2 Å². The van der Waals surface area contributed by atoms with E-state index in [1.807, 2.05) is 25.1 Å². The fourth-order valence-corrected chi connectivity index (χ4v) is 7.04. The first kappa shape index (κ1) is 24.4. The van der Waals surface area contributed by atoms with Crippen molar-refractivity contribution in [3.8, 4) is 10.6 Å². The molecular formula is C26H38N3O2PS. The lowest BCUT2D eigenvalue weighted by Crippen LogP contribution is -2.36. The number of benzene rings is 2. The SMILES string of the molecule is CPCC(C)(C)CCCc1cc2nc3ccc(N4CCOCC4)cc3sc-2c(N(C)C)c1=O.[HH]. The zero-order valence-electron chi connectivity index (χ0n) is 20.5. The van der Waals surface area contributed by atoms with Gasteiger partial charge in [-0.25, -0.2) is 4.98 Å². The number of fused-ring (bicyclic) bond motifs is 2. The minimum absolute atomic E-state index is 0. The second-order valence-corrected chi connectivity index (χ2v) is 12.1. The number of hydrogen-bond donors (Lipinski definition) is 0. The van der Waals surface area contributed by atoms with Gasteiger partial charge in [0.05, 0.1) is 34.0 Å². The van der Waals surface area contributed by atoms with Crippen LogP contribution in [0.2, 0.25) is 0 Å². The van der Waals surface area contributed by atoms with Gasteiger partial charge in [-0.1, -0.05) is 13.8 Å². The summed E-state index contributed by atoms with van der Waals surface area (Å²) < 4.78 is 6.61. The van der Waals surface area contributed by atoms with Gasteiger partial charge in [-0.2, -0.15) is 0 Å². The first-order chi connectivity index (χ1) is 15.8. The lowest BCUT2D eigenvalue weighted by atomic mass is 9.88. The molecule has 2 aliphatic heterocycles. The van der Waals surface area contributed by atoms with E-state index in [4.69, 9.17) is 9.72 Å². The van der Waals surface area contributed by atoms with Crippen LogP contribution in [0.25, 0.3) is 20.8 Å². The van der Waals surface area contributed by atoms with Crippen LogP contribution in [0.4, 0.5) is 11.4 Å². The Labute approximate surface area is 204 Å². The van der Waals surface area contributed by atoms with Gasteiger partial charge in [0, 0.05) is 39.9 Å². The first-order valence-electron chi connectivity index (χ1n) is 11.8. The summed E-state index contributed by atoms with van der Waals surface area (Å²) in [5.74, 6) is 0. The maximum absolute atomic E-state index is 13.5. The van der Waals surface area contributed by atoms with Crippen molar-refractivity contribution in [1.82, 2.24) is 4.98 Å². The lowest BCUT2D eigenvalue weighted by molar-refractivity contribution is 0.122. The van der Waals surface area contributed by atoms with Crippen molar-refractivity contribution in [2.24, 2.45) is 5.41 Å². The average Bonchev–Trinajstić information content (AvgIpc) is 2.78. The molecule has 0 bridgehead atoms. The van der Waals surface area contributed by atoms with Crippen LogP contribution in [0.1, 0.15) is 33.7 Å². The third kappa shape index (κ3) is 5.50. The molecule has 7 heteroatoms. The van der Waals surface area contributed by atoms with E-state index in [-0.39, 0.29) is 6.86 Å². The van der Waals surface area contributed by atoms with Crippen LogP contribution in [0.5, 0.6) is 0 Å². The highest BCUT2D eigenvalue weighted by atomic mass is 32.1. The minimum atomic E-state index is 0. The van der Waals surface area contributed by atoms with Gasteiger partial charge in [0.25, 0.3) is 0 Å². The molecule has 1 unspecified atom stereocenters. The van der Waals surface area contributed by atoms with Crippen molar-refractivity contribution in [2.45, 2.75) is 33.1 Å². The Morgan fingerprint density at radius 3 is 2.70 bits per heavy atom. The maximum atomic E-state index is 13.5. The standard InChI is InChI=1S/C26H36N3O2PS.H2/c1-26(2,17-32-5)10-6-7-18-15-21-25(23(24(18)30)28(3)4)33-22-16-19(8-9-20(22)27-21)29-11-13-31-14-12-29;/h8-9,15-16,32H,6-7,10-14,17H2,1-5H3;1H. The number of rotatable bonds is 8. The Bertz CT molecular complexity index is 1140. The number of ether oxygens (including phenoxy) is 1. The Kier molecular flexibility index (Phi) is 7.57. The van der Waals surface area contributed by atoms with Gasteiger partial charge in [0.1, 0.15) is 5.69 Å². The average molecular weight is 488 g/mol. The molecule has 5 nitrogen and oxygen atoms in total. The summed E-state index contributed by atoms with van der Waals surface area (Å²) in [6, 6.07) is 8.53. The number of hydrogen-bond acceptors (Lipinski definition) is 6. The van der Waals surface area contributed by atoms with Crippen LogP contribution in [0, 0.1) is 5.41 Å². The van der Waals surface area contributed by atoms with Crippen molar-refractivity contribution in [2.75, 3.05) is 63.0 Å². The van der Waals surface area contributed by atoms with Crippen molar-refractivity contribution in [3.05, 3.63) is 40.1 Å². The summed E-state index contributed by atoms with van der Waals surface area (Å²) in [4.78, 5) is 23.8. The largest absolute Gasteiger partial charge is 0.378 e.